The van der Waals surface area contributed by atoms with E-state index >= 15 is 0 Å². The Morgan fingerprint density at radius 3 is 2.25 bits per heavy atom. The molecule has 6 nitrogen and oxygen atoms in total. The largest absolute Gasteiger partial charge is 0.506 e. The number of azo groups is 1. The molecule has 2 aromatic carbocycles. The van der Waals surface area contributed by atoms with E-state index in [4.69, 9.17) is 0 Å². The van der Waals surface area contributed by atoms with Gasteiger partial charge in [-0.2, -0.15) is 9.42 Å². The Bertz CT molecular complexity index is 832. The molecule has 0 aliphatic rings. The van der Waals surface area contributed by atoms with E-state index in [0.717, 1.165) is 4.47 Å². The van der Waals surface area contributed by atoms with Crippen molar-refractivity contribution < 1.29 is 13.5 Å². The first-order valence-corrected chi connectivity index (χ1v) is 9.62. The van der Waals surface area contributed by atoms with Crippen LogP contribution in [-0.4, -0.2) is 30.9 Å². The zero-order chi connectivity index (χ0) is 17.7. The summed E-state index contributed by atoms with van der Waals surface area (Å²) in [5.74, 6) is 0.0164. The molecule has 24 heavy (non-hydrogen) atoms. The Hall–Kier alpha value is -1.77. The lowest BCUT2D eigenvalue weighted by atomic mass is 10.3. The summed E-state index contributed by atoms with van der Waals surface area (Å²) in [5.41, 5.74) is 0.817. The molecule has 0 spiro atoms. The van der Waals surface area contributed by atoms with Gasteiger partial charge in [-0.05, 0) is 42.5 Å². The summed E-state index contributed by atoms with van der Waals surface area (Å²) in [5, 5.41) is 17.7. The lowest BCUT2D eigenvalue weighted by molar-refractivity contribution is 0.445. The van der Waals surface area contributed by atoms with E-state index < -0.39 is 10.0 Å². The zero-order valence-corrected chi connectivity index (χ0v) is 15.7. The van der Waals surface area contributed by atoms with E-state index in [1.807, 2.05) is 0 Å². The maximum Gasteiger partial charge on any atom is 0.243 e. The lowest BCUT2D eigenvalue weighted by Gasteiger charge is -2.18. The molecular formula is C16H18BrN3O3S. The molecule has 0 amide bonds. The van der Waals surface area contributed by atoms with Crippen molar-refractivity contribution in [1.82, 2.24) is 4.31 Å². The third-order valence-corrected chi connectivity index (χ3v) is 5.95. The van der Waals surface area contributed by atoms with Crippen LogP contribution in [0.5, 0.6) is 5.75 Å². The van der Waals surface area contributed by atoms with Crippen LogP contribution in [0, 0.1) is 0 Å². The van der Waals surface area contributed by atoms with Crippen LogP contribution in [0.2, 0.25) is 0 Å². The number of aromatic hydroxyl groups is 1. The summed E-state index contributed by atoms with van der Waals surface area (Å²) >= 11 is 3.30. The van der Waals surface area contributed by atoms with Crippen molar-refractivity contribution in [2.24, 2.45) is 10.2 Å². The van der Waals surface area contributed by atoms with Crippen LogP contribution in [0.15, 0.2) is 62.1 Å². The van der Waals surface area contributed by atoms with Crippen LogP contribution in [-0.2, 0) is 10.0 Å². The Kier molecular flexibility index (Phi) is 6.09. The van der Waals surface area contributed by atoms with Crippen molar-refractivity contribution in [3.63, 3.8) is 0 Å². The number of sulfonamides is 1. The summed E-state index contributed by atoms with van der Waals surface area (Å²) in [7, 11) is -3.48. The Morgan fingerprint density at radius 1 is 1.04 bits per heavy atom. The van der Waals surface area contributed by atoms with E-state index in [-0.39, 0.29) is 10.6 Å². The fourth-order valence-corrected chi connectivity index (χ4v) is 3.89. The van der Waals surface area contributed by atoms with Crippen molar-refractivity contribution in [1.29, 1.82) is 0 Å². The Balaban J connectivity index is 2.24. The molecule has 0 aliphatic heterocycles. The summed E-state index contributed by atoms with van der Waals surface area (Å²) in [6.07, 6.45) is 0. The van der Waals surface area contributed by atoms with Gasteiger partial charge in [0.25, 0.3) is 0 Å². The predicted molar refractivity (Wildman–Crippen MR) is 96.5 cm³/mol. The minimum Gasteiger partial charge on any atom is -0.506 e. The van der Waals surface area contributed by atoms with Gasteiger partial charge >= 0.3 is 0 Å². The third kappa shape index (κ3) is 4.19. The van der Waals surface area contributed by atoms with Gasteiger partial charge in [-0.25, -0.2) is 8.42 Å². The summed E-state index contributed by atoms with van der Waals surface area (Å²) in [4.78, 5) is 0.218. The summed E-state index contributed by atoms with van der Waals surface area (Å²) in [6, 6.07) is 11.0. The highest BCUT2D eigenvalue weighted by Gasteiger charge is 2.21. The molecule has 0 saturated carbocycles. The predicted octanol–water partition coefficient (Wildman–Crippen LogP) is 4.60. The van der Waals surface area contributed by atoms with Crippen molar-refractivity contribution in [2.45, 2.75) is 18.7 Å². The highest BCUT2D eigenvalue weighted by atomic mass is 79.9. The van der Waals surface area contributed by atoms with Gasteiger partial charge in [0.05, 0.1) is 10.6 Å². The Morgan fingerprint density at radius 2 is 1.67 bits per heavy atom. The molecule has 0 unspecified atom stereocenters. The van der Waals surface area contributed by atoms with Gasteiger partial charge < -0.3 is 5.11 Å². The molecule has 0 atom stereocenters. The highest BCUT2D eigenvalue weighted by molar-refractivity contribution is 9.10. The Labute approximate surface area is 150 Å². The fraction of sp³-hybridized carbons (Fsp3) is 0.250. The topological polar surface area (TPSA) is 82.3 Å². The molecule has 2 rings (SSSR count). The SMILES string of the molecule is CCN(CC)S(=O)(=O)c1ccc(N=Nc2cc(Br)ccc2O)cc1. The van der Waals surface area contributed by atoms with Crippen LogP contribution in [0.25, 0.3) is 0 Å². The standard InChI is InChI=1S/C16H18BrN3O3S/c1-3-20(4-2)24(22,23)14-8-6-13(7-9-14)18-19-15-11-12(17)5-10-16(15)21/h5-11,21H,3-4H2,1-2H3. The minimum atomic E-state index is -3.48. The molecule has 0 aliphatic carbocycles. The minimum absolute atomic E-state index is 0.0164. The van der Waals surface area contributed by atoms with Crippen LogP contribution in [0.3, 0.4) is 0 Å². The normalized spacial score (nSPS) is 12.2. The number of phenolic OH excluding ortho intramolecular Hbond substituents is 1. The summed E-state index contributed by atoms with van der Waals surface area (Å²) in [6.45, 7) is 4.44. The van der Waals surface area contributed by atoms with Gasteiger partial charge in [0.1, 0.15) is 11.4 Å². The second-order valence-electron chi connectivity index (χ2n) is 4.92. The first-order chi connectivity index (χ1) is 11.4. The quantitative estimate of drug-likeness (QED) is 0.704. The number of phenols is 1. The summed E-state index contributed by atoms with van der Waals surface area (Å²) < 4.78 is 27.0. The number of halogens is 1. The first kappa shape index (κ1) is 18.6. The average Bonchev–Trinajstić information content (AvgIpc) is 2.57. The van der Waals surface area contributed by atoms with E-state index in [0.29, 0.717) is 24.5 Å². The maximum absolute atomic E-state index is 12.4. The van der Waals surface area contributed by atoms with E-state index in [1.165, 1.54) is 22.5 Å². The monoisotopic (exact) mass is 411 g/mol. The van der Waals surface area contributed by atoms with Crippen LogP contribution in [0.1, 0.15) is 13.8 Å². The van der Waals surface area contributed by atoms with Crippen molar-refractivity contribution in [3.05, 3.63) is 46.9 Å². The number of hydrogen-bond acceptors (Lipinski definition) is 5. The molecular weight excluding hydrogens is 394 g/mol. The second-order valence-corrected chi connectivity index (χ2v) is 7.77. The van der Waals surface area contributed by atoms with Crippen LogP contribution in [0.4, 0.5) is 11.4 Å². The van der Waals surface area contributed by atoms with E-state index in [2.05, 4.69) is 26.2 Å². The molecule has 128 valence electrons. The number of benzene rings is 2. The van der Waals surface area contributed by atoms with Gasteiger partial charge in [-0.1, -0.05) is 29.8 Å². The van der Waals surface area contributed by atoms with E-state index in [9.17, 15) is 13.5 Å². The number of hydrogen-bond donors (Lipinski definition) is 1. The second kappa shape index (κ2) is 7.87. The average molecular weight is 412 g/mol. The van der Waals surface area contributed by atoms with Crippen LogP contribution < -0.4 is 0 Å². The molecule has 0 radical (unpaired) electrons. The molecule has 8 heteroatoms. The van der Waals surface area contributed by atoms with Crippen molar-refractivity contribution in [3.8, 4) is 5.75 Å². The van der Waals surface area contributed by atoms with Crippen molar-refractivity contribution >= 4 is 37.3 Å². The van der Waals surface area contributed by atoms with Gasteiger partial charge in [0.2, 0.25) is 10.0 Å². The molecule has 0 aromatic heterocycles. The zero-order valence-electron chi connectivity index (χ0n) is 13.3. The van der Waals surface area contributed by atoms with E-state index in [1.54, 1.807) is 38.1 Å². The number of rotatable bonds is 6. The van der Waals surface area contributed by atoms with Gasteiger partial charge in [0, 0.05) is 17.6 Å². The lowest BCUT2D eigenvalue weighted by Crippen LogP contribution is -2.30. The molecule has 2 aromatic rings. The molecule has 0 bridgehead atoms. The third-order valence-electron chi connectivity index (χ3n) is 3.39. The molecule has 1 N–H and O–H groups in total. The van der Waals surface area contributed by atoms with Gasteiger partial charge in [-0.3, -0.25) is 0 Å². The molecule has 0 fully saturated rings. The maximum atomic E-state index is 12.4. The highest BCUT2D eigenvalue weighted by Crippen LogP contribution is 2.31. The van der Waals surface area contributed by atoms with Gasteiger partial charge in [0.15, 0.2) is 0 Å². The molecule has 0 saturated heterocycles. The number of nitrogens with zero attached hydrogens (tertiary/aromatic N) is 3. The van der Waals surface area contributed by atoms with Crippen molar-refractivity contribution in [2.75, 3.05) is 13.1 Å². The van der Waals surface area contributed by atoms with Gasteiger partial charge in [-0.15, -0.1) is 5.11 Å². The fourth-order valence-electron chi connectivity index (χ4n) is 2.09. The van der Waals surface area contributed by atoms with Crippen LogP contribution >= 0.6 is 15.9 Å². The smallest absolute Gasteiger partial charge is 0.243 e. The first-order valence-electron chi connectivity index (χ1n) is 7.39. The molecule has 0 heterocycles.